The van der Waals surface area contributed by atoms with Crippen molar-refractivity contribution in [3.63, 3.8) is 0 Å². The highest BCUT2D eigenvalue weighted by molar-refractivity contribution is 4.91. The van der Waals surface area contributed by atoms with Crippen LogP contribution in [0.1, 0.15) is 46.0 Å². The Hall–Kier alpha value is -0.120. The molecule has 3 heteroatoms. The van der Waals surface area contributed by atoms with Gasteiger partial charge in [0.05, 0.1) is 6.61 Å². The van der Waals surface area contributed by atoms with E-state index in [-0.39, 0.29) is 0 Å². The van der Waals surface area contributed by atoms with E-state index in [9.17, 15) is 0 Å². The molecule has 1 heterocycles. The molecule has 1 aliphatic carbocycles. The molecule has 2 atom stereocenters. The smallest absolute Gasteiger partial charge is 0.0546 e. The summed E-state index contributed by atoms with van der Waals surface area (Å²) in [7, 11) is 2.30. The van der Waals surface area contributed by atoms with Crippen LogP contribution < -0.4 is 5.32 Å². The van der Waals surface area contributed by atoms with Crippen molar-refractivity contribution in [1.29, 1.82) is 0 Å². The number of hydrogen-bond acceptors (Lipinski definition) is 3. The molecule has 0 amide bonds. The average Bonchev–Trinajstić information content (AvgIpc) is 3.23. The molecule has 0 bridgehead atoms. The third kappa shape index (κ3) is 4.44. The molecule has 0 aromatic carbocycles. The molecule has 1 saturated heterocycles. The van der Waals surface area contributed by atoms with E-state index in [1.54, 1.807) is 0 Å². The van der Waals surface area contributed by atoms with Crippen LogP contribution in [0.25, 0.3) is 0 Å². The zero-order valence-electron chi connectivity index (χ0n) is 13.1. The second-order valence-corrected chi connectivity index (χ2v) is 6.83. The topological polar surface area (TPSA) is 24.5 Å². The zero-order chi connectivity index (χ0) is 13.7. The van der Waals surface area contributed by atoms with Gasteiger partial charge in [-0.3, -0.25) is 0 Å². The first-order chi connectivity index (χ1) is 9.17. The lowest BCUT2D eigenvalue weighted by Crippen LogP contribution is -2.50. The summed E-state index contributed by atoms with van der Waals surface area (Å²) < 4.78 is 5.81. The zero-order valence-corrected chi connectivity index (χ0v) is 13.1. The summed E-state index contributed by atoms with van der Waals surface area (Å²) >= 11 is 0. The Morgan fingerprint density at radius 2 is 2.21 bits per heavy atom. The predicted molar refractivity (Wildman–Crippen MR) is 80.5 cm³/mol. The van der Waals surface area contributed by atoms with Gasteiger partial charge in [-0.05, 0) is 58.5 Å². The summed E-state index contributed by atoms with van der Waals surface area (Å²) in [6, 6.07) is 0.741. The van der Waals surface area contributed by atoms with Gasteiger partial charge in [0.2, 0.25) is 0 Å². The van der Waals surface area contributed by atoms with Gasteiger partial charge in [0.1, 0.15) is 0 Å². The molecule has 1 N–H and O–H groups in total. The van der Waals surface area contributed by atoms with Crippen molar-refractivity contribution >= 4 is 0 Å². The molecule has 0 aromatic heterocycles. The number of rotatable bonds is 8. The number of nitrogens with zero attached hydrogens (tertiary/aromatic N) is 1. The summed E-state index contributed by atoms with van der Waals surface area (Å²) in [4.78, 5) is 2.58. The molecular weight excluding hydrogens is 236 g/mol. The molecule has 112 valence electrons. The number of ether oxygens (including phenoxy) is 1. The summed E-state index contributed by atoms with van der Waals surface area (Å²) in [5.74, 6) is 0.954. The molecule has 2 fully saturated rings. The fourth-order valence-electron chi connectivity index (χ4n) is 3.37. The van der Waals surface area contributed by atoms with Crippen LogP contribution >= 0.6 is 0 Å². The predicted octanol–water partition coefficient (Wildman–Crippen LogP) is 2.51. The van der Waals surface area contributed by atoms with Gasteiger partial charge in [0.25, 0.3) is 0 Å². The Bertz CT molecular complexity index is 259. The minimum atomic E-state index is 0.339. The highest BCUT2D eigenvalue weighted by Crippen LogP contribution is 2.37. The maximum Gasteiger partial charge on any atom is 0.0546 e. The Kier molecular flexibility index (Phi) is 5.67. The first kappa shape index (κ1) is 15.3. The second-order valence-electron chi connectivity index (χ2n) is 6.83. The van der Waals surface area contributed by atoms with E-state index in [0.717, 1.165) is 38.3 Å². The minimum absolute atomic E-state index is 0.339. The van der Waals surface area contributed by atoms with Gasteiger partial charge in [-0.1, -0.05) is 6.92 Å². The summed E-state index contributed by atoms with van der Waals surface area (Å²) in [6.45, 7) is 9.95. The van der Waals surface area contributed by atoms with Crippen molar-refractivity contribution in [2.24, 2.45) is 11.3 Å². The van der Waals surface area contributed by atoms with E-state index in [2.05, 4.69) is 31.1 Å². The molecule has 2 unspecified atom stereocenters. The lowest BCUT2D eigenvalue weighted by Gasteiger charge is -2.41. The molecule has 0 aromatic rings. The van der Waals surface area contributed by atoms with Crippen LogP contribution in [0.5, 0.6) is 0 Å². The van der Waals surface area contributed by atoms with Crippen molar-refractivity contribution < 1.29 is 4.74 Å². The Morgan fingerprint density at radius 1 is 1.42 bits per heavy atom. The standard InChI is InChI=1S/C16H32N2O/c1-4-9-17-11-16(8-5-10-19-13-16)12-18(3)14(2)15-6-7-15/h14-15,17H,4-13H2,1-3H3. The van der Waals surface area contributed by atoms with Crippen molar-refractivity contribution in [3.8, 4) is 0 Å². The number of nitrogens with one attached hydrogen (secondary N) is 1. The molecular formula is C16H32N2O. The molecule has 2 aliphatic rings. The van der Waals surface area contributed by atoms with Crippen LogP contribution in [-0.2, 0) is 4.74 Å². The molecule has 1 saturated carbocycles. The van der Waals surface area contributed by atoms with Gasteiger partial charge in [0.15, 0.2) is 0 Å². The Labute approximate surface area is 119 Å². The van der Waals surface area contributed by atoms with Gasteiger partial charge in [-0.15, -0.1) is 0 Å². The van der Waals surface area contributed by atoms with E-state index in [4.69, 9.17) is 4.74 Å². The van der Waals surface area contributed by atoms with E-state index < -0.39 is 0 Å². The Balaban J connectivity index is 1.87. The molecule has 19 heavy (non-hydrogen) atoms. The van der Waals surface area contributed by atoms with Crippen molar-refractivity contribution in [3.05, 3.63) is 0 Å². The molecule has 0 radical (unpaired) electrons. The van der Waals surface area contributed by atoms with Crippen molar-refractivity contribution in [2.45, 2.75) is 52.0 Å². The quantitative estimate of drug-likeness (QED) is 0.685. The summed E-state index contributed by atoms with van der Waals surface area (Å²) in [5.41, 5.74) is 0.339. The van der Waals surface area contributed by atoms with Crippen molar-refractivity contribution in [1.82, 2.24) is 10.2 Å². The monoisotopic (exact) mass is 268 g/mol. The number of hydrogen-bond donors (Lipinski definition) is 1. The van der Waals surface area contributed by atoms with Crippen molar-refractivity contribution in [2.75, 3.05) is 39.9 Å². The minimum Gasteiger partial charge on any atom is -0.381 e. The fraction of sp³-hybridized carbons (Fsp3) is 1.00. The van der Waals surface area contributed by atoms with Gasteiger partial charge in [-0.25, -0.2) is 0 Å². The van der Waals surface area contributed by atoms with E-state index in [0.29, 0.717) is 5.41 Å². The lowest BCUT2D eigenvalue weighted by atomic mass is 9.81. The molecule has 0 spiro atoms. The molecule has 1 aliphatic heterocycles. The molecule has 2 rings (SSSR count). The largest absolute Gasteiger partial charge is 0.381 e. The SMILES string of the molecule is CCCNCC1(CN(C)C(C)C2CC2)CCCOC1. The highest BCUT2D eigenvalue weighted by Gasteiger charge is 2.37. The van der Waals surface area contributed by atoms with Crippen LogP contribution in [-0.4, -0.2) is 50.8 Å². The Morgan fingerprint density at radius 3 is 2.79 bits per heavy atom. The van der Waals surface area contributed by atoms with Crippen LogP contribution in [0, 0.1) is 11.3 Å². The first-order valence-electron chi connectivity index (χ1n) is 8.15. The van der Waals surface area contributed by atoms with E-state index in [1.807, 2.05) is 0 Å². The highest BCUT2D eigenvalue weighted by atomic mass is 16.5. The van der Waals surface area contributed by atoms with E-state index in [1.165, 1.54) is 38.6 Å². The van der Waals surface area contributed by atoms with Gasteiger partial charge in [-0.2, -0.15) is 0 Å². The summed E-state index contributed by atoms with van der Waals surface area (Å²) in [6.07, 6.45) is 6.61. The van der Waals surface area contributed by atoms with Crippen LogP contribution in [0.3, 0.4) is 0 Å². The fourth-order valence-corrected chi connectivity index (χ4v) is 3.37. The van der Waals surface area contributed by atoms with E-state index >= 15 is 0 Å². The molecule has 3 nitrogen and oxygen atoms in total. The van der Waals surface area contributed by atoms with Crippen LogP contribution in [0.15, 0.2) is 0 Å². The third-order valence-corrected chi connectivity index (χ3v) is 4.92. The third-order valence-electron chi connectivity index (χ3n) is 4.92. The van der Waals surface area contributed by atoms with Crippen LogP contribution in [0.2, 0.25) is 0 Å². The van der Waals surface area contributed by atoms with Gasteiger partial charge >= 0.3 is 0 Å². The van der Waals surface area contributed by atoms with Gasteiger partial charge < -0.3 is 15.0 Å². The van der Waals surface area contributed by atoms with Gasteiger partial charge in [0, 0.05) is 31.2 Å². The second kappa shape index (κ2) is 7.05. The van der Waals surface area contributed by atoms with Crippen LogP contribution in [0.4, 0.5) is 0 Å². The maximum absolute atomic E-state index is 5.81. The summed E-state index contributed by atoms with van der Waals surface area (Å²) in [5, 5.41) is 3.63. The average molecular weight is 268 g/mol. The first-order valence-corrected chi connectivity index (χ1v) is 8.15. The maximum atomic E-state index is 5.81. The normalized spacial score (nSPS) is 29.7. The lowest BCUT2D eigenvalue weighted by molar-refractivity contribution is -0.0284.